The standard InChI is InChI=1S/C13H21NO5/c1-8-13(14-17,9(15)18-11(2,3)4)10(16)19-12(5,6)7/h1,14,17H,2-7H3. The minimum absolute atomic E-state index is 0.863. The van der Waals surface area contributed by atoms with Gasteiger partial charge in [0.05, 0.1) is 0 Å². The number of hydroxylamine groups is 1. The van der Waals surface area contributed by atoms with Crippen molar-refractivity contribution in [2.24, 2.45) is 0 Å². The van der Waals surface area contributed by atoms with Crippen molar-refractivity contribution in [2.75, 3.05) is 0 Å². The summed E-state index contributed by atoms with van der Waals surface area (Å²) in [5, 5.41) is 9.12. The first kappa shape index (κ1) is 17.4. The van der Waals surface area contributed by atoms with Crippen molar-refractivity contribution in [2.45, 2.75) is 58.3 Å². The van der Waals surface area contributed by atoms with Crippen LogP contribution in [-0.2, 0) is 19.1 Å². The predicted octanol–water partition coefficient (Wildman–Crippen LogP) is 1.02. The molecule has 0 aliphatic rings. The molecule has 6 heteroatoms. The van der Waals surface area contributed by atoms with Gasteiger partial charge in [0.2, 0.25) is 0 Å². The first-order valence-corrected chi connectivity index (χ1v) is 5.74. The minimum Gasteiger partial charge on any atom is -0.457 e. The molecule has 0 aliphatic carbocycles. The number of ether oxygens (including phenoxy) is 2. The summed E-state index contributed by atoms with van der Waals surface area (Å²) in [6.45, 7) is 9.66. The number of hydrogen-bond donors (Lipinski definition) is 2. The van der Waals surface area contributed by atoms with Crippen LogP contribution in [0.1, 0.15) is 41.5 Å². The fraction of sp³-hybridized carbons (Fsp3) is 0.692. The van der Waals surface area contributed by atoms with Crippen LogP contribution in [0.15, 0.2) is 0 Å². The molecule has 6 nitrogen and oxygen atoms in total. The molecule has 108 valence electrons. The summed E-state index contributed by atoms with van der Waals surface area (Å²) >= 11 is 0. The number of rotatable bonds is 3. The molecule has 0 aromatic heterocycles. The van der Waals surface area contributed by atoms with Crippen LogP contribution < -0.4 is 5.48 Å². The van der Waals surface area contributed by atoms with Gasteiger partial charge in [0.25, 0.3) is 5.54 Å². The molecule has 0 rings (SSSR count). The van der Waals surface area contributed by atoms with Crippen LogP contribution in [0.2, 0.25) is 0 Å². The van der Waals surface area contributed by atoms with E-state index in [1.54, 1.807) is 41.5 Å². The Morgan fingerprint density at radius 1 is 1.00 bits per heavy atom. The van der Waals surface area contributed by atoms with Crippen molar-refractivity contribution in [3.63, 3.8) is 0 Å². The van der Waals surface area contributed by atoms with Gasteiger partial charge in [0.1, 0.15) is 11.2 Å². The topological polar surface area (TPSA) is 84.9 Å². The Hall–Kier alpha value is -1.58. The highest BCUT2D eigenvalue weighted by atomic mass is 16.6. The summed E-state index contributed by atoms with van der Waals surface area (Å²) in [6, 6.07) is 0. The summed E-state index contributed by atoms with van der Waals surface area (Å²) in [7, 11) is 0. The third-order valence-electron chi connectivity index (χ3n) is 1.79. The highest BCUT2D eigenvalue weighted by Crippen LogP contribution is 2.19. The maximum Gasteiger partial charge on any atom is 0.353 e. The van der Waals surface area contributed by atoms with Gasteiger partial charge in [0.15, 0.2) is 0 Å². The van der Waals surface area contributed by atoms with Gasteiger partial charge >= 0.3 is 11.9 Å². The summed E-state index contributed by atoms with van der Waals surface area (Å²) in [6.07, 6.45) is 5.18. The number of esters is 2. The molecule has 0 bridgehead atoms. The third kappa shape index (κ3) is 4.89. The van der Waals surface area contributed by atoms with Gasteiger partial charge in [-0.3, -0.25) is 0 Å². The van der Waals surface area contributed by atoms with Crippen LogP contribution in [0.3, 0.4) is 0 Å². The van der Waals surface area contributed by atoms with E-state index in [9.17, 15) is 9.59 Å². The Balaban J connectivity index is 5.34. The number of carbonyl (C=O) groups excluding carboxylic acids is 2. The van der Waals surface area contributed by atoms with Crippen LogP contribution in [-0.4, -0.2) is 33.9 Å². The minimum atomic E-state index is -2.37. The molecule has 0 aromatic carbocycles. The molecule has 0 unspecified atom stereocenters. The van der Waals surface area contributed by atoms with Crippen LogP contribution >= 0.6 is 0 Å². The lowest BCUT2D eigenvalue weighted by atomic mass is 10.0. The van der Waals surface area contributed by atoms with Gasteiger partial charge in [-0.2, -0.15) is 5.48 Å². The number of nitrogens with one attached hydrogen (secondary N) is 1. The molecule has 0 amide bonds. The largest absolute Gasteiger partial charge is 0.457 e. The average Bonchev–Trinajstić information content (AvgIpc) is 2.14. The van der Waals surface area contributed by atoms with Crippen LogP contribution in [0.25, 0.3) is 0 Å². The zero-order valence-electron chi connectivity index (χ0n) is 12.2. The normalized spacial score (nSPS) is 12.5. The maximum absolute atomic E-state index is 12.0. The van der Waals surface area contributed by atoms with Crippen molar-refractivity contribution in [3.05, 3.63) is 0 Å². The zero-order chi connectivity index (χ0) is 15.5. The fourth-order valence-corrected chi connectivity index (χ4v) is 1.03. The SMILES string of the molecule is C#CC(NO)(C(=O)OC(C)(C)C)C(=O)OC(C)(C)C. The summed E-state index contributed by atoms with van der Waals surface area (Å²) < 4.78 is 10.0. The molecule has 19 heavy (non-hydrogen) atoms. The highest BCUT2D eigenvalue weighted by molar-refractivity contribution is 6.08. The van der Waals surface area contributed by atoms with E-state index in [0.29, 0.717) is 0 Å². The van der Waals surface area contributed by atoms with E-state index in [2.05, 4.69) is 0 Å². The molecule has 0 saturated heterocycles. The Morgan fingerprint density at radius 2 is 1.32 bits per heavy atom. The van der Waals surface area contributed by atoms with E-state index in [1.807, 2.05) is 5.92 Å². The smallest absolute Gasteiger partial charge is 0.353 e. The van der Waals surface area contributed by atoms with E-state index < -0.39 is 28.7 Å². The van der Waals surface area contributed by atoms with Gasteiger partial charge in [-0.25, -0.2) is 9.59 Å². The van der Waals surface area contributed by atoms with E-state index in [1.165, 1.54) is 5.48 Å². The van der Waals surface area contributed by atoms with E-state index in [-0.39, 0.29) is 0 Å². The second kappa shape index (κ2) is 5.59. The molecule has 0 spiro atoms. The van der Waals surface area contributed by atoms with Crippen molar-refractivity contribution in [1.29, 1.82) is 0 Å². The number of hydrogen-bond acceptors (Lipinski definition) is 6. The summed E-state index contributed by atoms with van der Waals surface area (Å²) in [5.74, 6) is -0.296. The van der Waals surface area contributed by atoms with Crippen LogP contribution in [0.5, 0.6) is 0 Å². The molecular formula is C13H21NO5. The van der Waals surface area contributed by atoms with Gasteiger partial charge in [-0.1, -0.05) is 5.92 Å². The molecule has 0 atom stereocenters. The molecule has 0 aromatic rings. The predicted molar refractivity (Wildman–Crippen MR) is 68.2 cm³/mol. The first-order chi connectivity index (χ1) is 8.38. The van der Waals surface area contributed by atoms with Crippen molar-refractivity contribution in [3.8, 4) is 12.3 Å². The zero-order valence-corrected chi connectivity index (χ0v) is 12.2. The van der Waals surface area contributed by atoms with Crippen molar-refractivity contribution >= 4 is 11.9 Å². The lowest BCUT2D eigenvalue weighted by molar-refractivity contribution is -0.180. The van der Waals surface area contributed by atoms with Gasteiger partial charge < -0.3 is 14.7 Å². The molecule has 2 N–H and O–H groups in total. The Kier molecular flexibility index (Phi) is 5.13. The van der Waals surface area contributed by atoms with Crippen molar-refractivity contribution < 1.29 is 24.3 Å². The summed E-state index contributed by atoms with van der Waals surface area (Å²) in [4.78, 5) is 24.0. The molecule has 0 saturated carbocycles. The molecule has 0 heterocycles. The first-order valence-electron chi connectivity index (χ1n) is 5.74. The van der Waals surface area contributed by atoms with Gasteiger partial charge in [-0.05, 0) is 41.5 Å². The van der Waals surface area contributed by atoms with Crippen LogP contribution in [0.4, 0.5) is 0 Å². The second-order valence-corrected chi connectivity index (χ2v) is 6.01. The van der Waals surface area contributed by atoms with Gasteiger partial charge in [-0.15, -0.1) is 6.42 Å². The Morgan fingerprint density at radius 3 is 1.47 bits per heavy atom. The van der Waals surface area contributed by atoms with Crippen LogP contribution in [0, 0.1) is 12.3 Å². The van der Waals surface area contributed by atoms with E-state index in [0.717, 1.165) is 0 Å². The number of carbonyl (C=O) groups is 2. The Bertz CT molecular complexity index is 367. The van der Waals surface area contributed by atoms with Gasteiger partial charge in [0, 0.05) is 0 Å². The molecule has 0 fully saturated rings. The average molecular weight is 271 g/mol. The third-order valence-corrected chi connectivity index (χ3v) is 1.79. The highest BCUT2D eigenvalue weighted by Gasteiger charge is 2.50. The molecular weight excluding hydrogens is 250 g/mol. The van der Waals surface area contributed by atoms with E-state index >= 15 is 0 Å². The lowest BCUT2D eigenvalue weighted by Gasteiger charge is -2.30. The lowest BCUT2D eigenvalue weighted by Crippen LogP contribution is -2.59. The van der Waals surface area contributed by atoms with E-state index in [4.69, 9.17) is 21.1 Å². The fourth-order valence-electron chi connectivity index (χ4n) is 1.03. The molecule has 0 radical (unpaired) electrons. The monoisotopic (exact) mass is 271 g/mol. The second-order valence-electron chi connectivity index (χ2n) is 6.01. The van der Waals surface area contributed by atoms with Crippen molar-refractivity contribution in [1.82, 2.24) is 5.48 Å². The quantitative estimate of drug-likeness (QED) is 0.345. The molecule has 0 aliphatic heterocycles. The Labute approximate surface area is 113 Å². The summed E-state index contributed by atoms with van der Waals surface area (Å²) in [5.41, 5.74) is -2.58. The number of terminal acetylenes is 1. The maximum atomic E-state index is 12.0.